The van der Waals surface area contributed by atoms with Crippen molar-refractivity contribution in [2.75, 3.05) is 0 Å². The molecule has 0 aromatic heterocycles. The molecule has 0 saturated heterocycles. The summed E-state index contributed by atoms with van der Waals surface area (Å²) in [5, 5.41) is 16.3. The number of halogens is 1. The molecule has 0 bridgehead atoms. The van der Waals surface area contributed by atoms with Gasteiger partial charge in [-0.15, -0.1) is 0 Å². The van der Waals surface area contributed by atoms with Crippen molar-refractivity contribution < 1.29 is 9.32 Å². The molecule has 1 aromatic rings. The van der Waals surface area contributed by atoms with E-state index in [0.29, 0.717) is 10.5 Å². The number of rotatable bonds is 3. The molecule has 0 fully saturated rings. The van der Waals surface area contributed by atoms with Gasteiger partial charge < -0.3 is 5.11 Å². The van der Waals surface area contributed by atoms with Gasteiger partial charge in [0.05, 0.1) is 15.5 Å². The minimum Gasteiger partial charge on any atom is -0.386 e. The molecule has 1 rings (SSSR count). The van der Waals surface area contributed by atoms with Gasteiger partial charge in [-0.1, -0.05) is 38.4 Å². The van der Waals surface area contributed by atoms with Crippen LogP contribution in [0.25, 0.3) is 0 Å². The normalized spacial score (nSPS) is 16.3. The zero-order valence-electron chi connectivity index (χ0n) is 14.4. The van der Waals surface area contributed by atoms with Gasteiger partial charge in [0, 0.05) is 0 Å². The molecular weight excluding hydrogens is 336 g/mol. The third-order valence-electron chi connectivity index (χ3n) is 4.15. The molecule has 1 unspecified atom stereocenters. The van der Waals surface area contributed by atoms with Crippen molar-refractivity contribution in [2.24, 2.45) is 9.17 Å². The number of aliphatic hydroxyl groups is 1. The standard InChI is InChI=1S/C15H27ClN2O2SSi/c1-14(2,3)22(6,7)18-21(17,20)13-9-8-11(10-12(13)16)15(4,5)19/h8-10,19H,1-7H3,(H2,17,18,20). The first-order valence-corrected chi connectivity index (χ1v) is 12.1. The van der Waals surface area contributed by atoms with Gasteiger partial charge in [0.1, 0.15) is 9.92 Å². The van der Waals surface area contributed by atoms with Gasteiger partial charge in [-0.25, -0.2) is 9.35 Å². The van der Waals surface area contributed by atoms with E-state index in [1.54, 1.807) is 32.0 Å². The highest BCUT2D eigenvalue weighted by Crippen LogP contribution is 2.38. The summed E-state index contributed by atoms with van der Waals surface area (Å²) >= 11 is 6.25. The maximum Gasteiger partial charge on any atom is 0.195 e. The summed E-state index contributed by atoms with van der Waals surface area (Å²) < 4.78 is 17.5. The number of benzene rings is 1. The average Bonchev–Trinajstić information content (AvgIpc) is 2.23. The van der Waals surface area contributed by atoms with E-state index < -0.39 is 23.8 Å². The Bertz CT molecular complexity index is 682. The van der Waals surface area contributed by atoms with Crippen molar-refractivity contribution in [3.63, 3.8) is 0 Å². The predicted octanol–water partition coefficient (Wildman–Crippen LogP) is 4.27. The fourth-order valence-electron chi connectivity index (χ4n) is 1.64. The molecule has 0 aliphatic rings. The summed E-state index contributed by atoms with van der Waals surface area (Å²) in [7, 11) is -5.25. The van der Waals surface area contributed by atoms with Crippen molar-refractivity contribution in [2.45, 2.75) is 63.2 Å². The van der Waals surface area contributed by atoms with Crippen LogP contribution in [0, 0.1) is 0 Å². The number of hydrogen-bond donors (Lipinski definition) is 2. The second-order valence-electron chi connectivity index (χ2n) is 7.67. The van der Waals surface area contributed by atoms with Crippen LogP contribution in [0.5, 0.6) is 0 Å². The molecule has 0 aliphatic heterocycles. The van der Waals surface area contributed by atoms with Crippen molar-refractivity contribution in [3.8, 4) is 0 Å². The molecule has 4 nitrogen and oxygen atoms in total. The van der Waals surface area contributed by atoms with Crippen LogP contribution >= 0.6 is 11.6 Å². The van der Waals surface area contributed by atoms with E-state index in [1.807, 2.05) is 13.1 Å². The van der Waals surface area contributed by atoms with Gasteiger partial charge in [-0.2, -0.15) is 0 Å². The van der Waals surface area contributed by atoms with Crippen LogP contribution in [-0.4, -0.2) is 17.6 Å². The minimum absolute atomic E-state index is 0.0610. The van der Waals surface area contributed by atoms with Crippen molar-refractivity contribution in [1.29, 1.82) is 0 Å². The van der Waals surface area contributed by atoms with Crippen LogP contribution in [0.15, 0.2) is 27.1 Å². The lowest BCUT2D eigenvalue weighted by Crippen LogP contribution is -2.37. The SMILES string of the molecule is CC(C)(O)c1ccc(S(N)(=O)=N[Si](C)(C)C(C)(C)C)c(Cl)c1. The molecule has 22 heavy (non-hydrogen) atoms. The zero-order chi connectivity index (χ0) is 17.6. The molecular formula is C15H27ClN2O2SSi. The highest BCUT2D eigenvalue weighted by Gasteiger charge is 2.37. The Balaban J connectivity index is 3.46. The van der Waals surface area contributed by atoms with E-state index in [4.69, 9.17) is 16.7 Å². The van der Waals surface area contributed by atoms with Crippen LogP contribution in [0.2, 0.25) is 23.2 Å². The van der Waals surface area contributed by atoms with E-state index in [0.717, 1.165) is 0 Å². The van der Waals surface area contributed by atoms with Crippen molar-refractivity contribution >= 4 is 29.8 Å². The first kappa shape index (κ1) is 19.6. The van der Waals surface area contributed by atoms with E-state index in [1.165, 1.54) is 0 Å². The molecule has 0 amide bonds. The van der Waals surface area contributed by atoms with Crippen LogP contribution in [0.3, 0.4) is 0 Å². The Labute approximate surface area is 140 Å². The Kier molecular flexibility index (Phi) is 5.27. The molecule has 0 radical (unpaired) electrons. The van der Waals surface area contributed by atoms with E-state index in [9.17, 15) is 9.32 Å². The highest BCUT2D eigenvalue weighted by atomic mass is 35.5. The fourth-order valence-corrected chi connectivity index (χ4v) is 6.96. The van der Waals surface area contributed by atoms with Crippen LogP contribution in [0.4, 0.5) is 0 Å². The molecule has 0 spiro atoms. The first-order valence-electron chi connectivity index (χ1n) is 7.16. The lowest BCUT2D eigenvalue weighted by atomic mass is 9.99. The first-order chi connectivity index (χ1) is 9.58. The van der Waals surface area contributed by atoms with Crippen molar-refractivity contribution in [1.82, 2.24) is 0 Å². The van der Waals surface area contributed by atoms with Gasteiger partial charge in [0.2, 0.25) is 0 Å². The Morgan fingerprint density at radius 3 is 2.09 bits per heavy atom. The van der Waals surface area contributed by atoms with E-state index in [-0.39, 0.29) is 10.1 Å². The van der Waals surface area contributed by atoms with E-state index >= 15 is 0 Å². The molecule has 1 aromatic carbocycles. The van der Waals surface area contributed by atoms with Gasteiger partial charge in [-0.05, 0) is 49.7 Å². The molecule has 0 saturated carbocycles. The predicted molar refractivity (Wildman–Crippen MR) is 96.9 cm³/mol. The summed E-state index contributed by atoms with van der Waals surface area (Å²) in [6.07, 6.45) is 0. The highest BCUT2D eigenvalue weighted by molar-refractivity contribution is 7.92. The Morgan fingerprint density at radius 2 is 1.73 bits per heavy atom. The monoisotopic (exact) mass is 362 g/mol. The third kappa shape index (κ3) is 4.32. The summed E-state index contributed by atoms with van der Waals surface area (Å²) in [6.45, 7) is 13.7. The summed E-state index contributed by atoms with van der Waals surface area (Å²) in [5.74, 6) is 0. The zero-order valence-corrected chi connectivity index (χ0v) is 17.0. The fraction of sp³-hybridized carbons (Fsp3) is 0.600. The summed E-state index contributed by atoms with van der Waals surface area (Å²) in [5.41, 5.74) is -0.377. The molecule has 3 N–H and O–H groups in total. The second-order valence-corrected chi connectivity index (χ2v) is 15.0. The number of hydrogen-bond acceptors (Lipinski definition) is 3. The lowest BCUT2D eigenvalue weighted by molar-refractivity contribution is 0.0785. The molecule has 0 aliphatic carbocycles. The quantitative estimate of drug-likeness (QED) is 0.787. The topological polar surface area (TPSA) is 75.7 Å². The summed E-state index contributed by atoms with van der Waals surface area (Å²) in [6, 6.07) is 4.90. The number of nitrogens with zero attached hydrogens (tertiary/aromatic N) is 1. The largest absolute Gasteiger partial charge is 0.386 e. The van der Waals surface area contributed by atoms with Crippen molar-refractivity contribution in [3.05, 3.63) is 28.8 Å². The Hall–Kier alpha value is -0.403. The maximum atomic E-state index is 12.9. The second kappa shape index (κ2) is 5.91. The van der Waals surface area contributed by atoms with Gasteiger partial charge >= 0.3 is 0 Å². The number of nitrogens with two attached hydrogens (primary N) is 1. The molecule has 1 atom stereocenters. The van der Waals surface area contributed by atoms with Crippen LogP contribution in [0.1, 0.15) is 40.2 Å². The molecule has 0 heterocycles. The molecule has 7 heteroatoms. The average molecular weight is 363 g/mol. The summed E-state index contributed by atoms with van der Waals surface area (Å²) in [4.78, 5) is 0.326. The van der Waals surface area contributed by atoms with Gasteiger partial charge in [-0.3, -0.25) is 4.03 Å². The van der Waals surface area contributed by atoms with Crippen LogP contribution in [-0.2, 0) is 15.5 Å². The smallest absolute Gasteiger partial charge is 0.195 e. The van der Waals surface area contributed by atoms with E-state index in [2.05, 4.69) is 24.8 Å². The molecule has 126 valence electrons. The van der Waals surface area contributed by atoms with Crippen LogP contribution < -0.4 is 5.14 Å². The maximum absolute atomic E-state index is 12.9. The minimum atomic E-state index is -3.07. The van der Waals surface area contributed by atoms with Gasteiger partial charge in [0.15, 0.2) is 8.24 Å². The third-order valence-corrected chi connectivity index (χ3v) is 12.1. The van der Waals surface area contributed by atoms with Gasteiger partial charge in [0.25, 0.3) is 0 Å². The Morgan fingerprint density at radius 1 is 1.23 bits per heavy atom. The lowest BCUT2D eigenvalue weighted by Gasteiger charge is -2.32.